The van der Waals surface area contributed by atoms with Gasteiger partial charge in [-0.1, -0.05) is 0 Å². The van der Waals surface area contributed by atoms with Gasteiger partial charge in [-0.25, -0.2) is 8.78 Å². The van der Waals surface area contributed by atoms with E-state index < -0.39 is 28.6 Å². The molecule has 0 saturated carbocycles. The van der Waals surface area contributed by atoms with E-state index in [9.17, 15) is 8.78 Å². The zero-order valence-corrected chi connectivity index (χ0v) is 9.66. The molecule has 5 nitrogen and oxygen atoms in total. The lowest BCUT2D eigenvalue weighted by molar-refractivity contribution is 0.385. The Bertz CT molecular complexity index is 646. The Kier molecular flexibility index (Phi) is 4.40. The van der Waals surface area contributed by atoms with Crippen LogP contribution in [0.2, 0.25) is 0 Å². The number of rotatable bonds is 3. The smallest absolute Gasteiger partial charge is 0.191 e. The summed E-state index contributed by atoms with van der Waals surface area (Å²) in [4.78, 5) is 0. The fourth-order valence-corrected chi connectivity index (χ4v) is 1.21. The largest absolute Gasteiger partial charge is 0.494 e. The third-order valence-corrected chi connectivity index (χ3v) is 2.11. The normalized spacial score (nSPS) is 8.63. The molecular formula is C12H6F2N4O. The fourth-order valence-electron chi connectivity index (χ4n) is 1.21. The van der Waals surface area contributed by atoms with Crippen LogP contribution in [0.4, 0.5) is 14.5 Å². The summed E-state index contributed by atoms with van der Waals surface area (Å²) in [5.74, 6) is -2.29. The zero-order valence-electron chi connectivity index (χ0n) is 9.66. The predicted molar refractivity (Wildman–Crippen MR) is 60.4 cm³/mol. The second kappa shape index (κ2) is 6.00. The van der Waals surface area contributed by atoms with E-state index in [1.165, 1.54) is 25.3 Å². The van der Waals surface area contributed by atoms with Crippen molar-refractivity contribution in [1.82, 2.24) is 0 Å². The number of methoxy groups -OCH3 is 1. The lowest BCUT2D eigenvalue weighted by Gasteiger charge is -2.10. The van der Waals surface area contributed by atoms with E-state index in [4.69, 9.17) is 15.8 Å². The second-order valence-electron chi connectivity index (χ2n) is 3.15. The average Bonchev–Trinajstić information content (AvgIpc) is 2.42. The van der Waals surface area contributed by atoms with Gasteiger partial charge in [0.2, 0.25) is 0 Å². The summed E-state index contributed by atoms with van der Waals surface area (Å²) >= 11 is 0. The van der Waals surface area contributed by atoms with Crippen molar-refractivity contribution in [3.8, 4) is 24.0 Å². The standard InChI is InChI=1S/C12H6F2N4O/c1-19-10-3-2-8(13)12(11(10)14)18-9(6-17)7(4-15)5-16/h2-3,18H,1H3. The minimum atomic E-state index is -1.06. The van der Waals surface area contributed by atoms with Crippen LogP contribution < -0.4 is 10.1 Å². The van der Waals surface area contributed by atoms with Gasteiger partial charge in [0.15, 0.2) is 17.1 Å². The first-order chi connectivity index (χ1) is 9.08. The van der Waals surface area contributed by atoms with Crippen LogP contribution in [0.3, 0.4) is 0 Å². The molecule has 0 aliphatic rings. The van der Waals surface area contributed by atoms with Gasteiger partial charge in [0.1, 0.15) is 35.4 Å². The molecule has 0 unspecified atom stereocenters. The van der Waals surface area contributed by atoms with Crippen molar-refractivity contribution >= 4 is 5.69 Å². The Morgan fingerprint density at radius 2 is 1.79 bits per heavy atom. The van der Waals surface area contributed by atoms with E-state index in [2.05, 4.69) is 10.1 Å². The van der Waals surface area contributed by atoms with Gasteiger partial charge in [-0.05, 0) is 12.1 Å². The van der Waals surface area contributed by atoms with Crippen LogP contribution in [-0.4, -0.2) is 7.11 Å². The van der Waals surface area contributed by atoms with Crippen molar-refractivity contribution < 1.29 is 13.5 Å². The zero-order chi connectivity index (χ0) is 14.4. The first-order valence-corrected chi connectivity index (χ1v) is 4.82. The van der Waals surface area contributed by atoms with Crippen LogP contribution in [-0.2, 0) is 0 Å². The molecule has 7 heteroatoms. The van der Waals surface area contributed by atoms with E-state index in [-0.39, 0.29) is 5.75 Å². The van der Waals surface area contributed by atoms with Gasteiger partial charge in [-0.2, -0.15) is 15.8 Å². The maximum absolute atomic E-state index is 13.8. The molecule has 0 aliphatic carbocycles. The van der Waals surface area contributed by atoms with E-state index in [0.717, 1.165) is 12.1 Å². The highest BCUT2D eigenvalue weighted by Gasteiger charge is 2.17. The molecule has 0 bridgehead atoms. The first kappa shape index (κ1) is 14.0. The minimum Gasteiger partial charge on any atom is -0.494 e. The van der Waals surface area contributed by atoms with Crippen LogP contribution in [0, 0.1) is 45.6 Å². The van der Waals surface area contributed by atoms with Crippen molar-refractivity contribution in [1.29, 1.82) is 15.8 Å². The summed E-state index contributed by atoms with van der Waals surface area (Å²) in [6.07, 6.45) is 0. The quantitative estimate of drug-likeness (QED) is 0.841. The van der Waals surface area contributed by atoms with Crippen LogP contribution in [0.5, 0.6) is 5.75 Å². The highest BCUT2D eigenvalue weighted by molar-refractivity contribution is 5.61. The number of anilines is 1. The van der Waals surface area contributed by atoms with E-state index in [1.54, 1.807) is 0 Å². The van der Waals surface area contributed by atoms with E-state index >= 15 is 0 Å². The molecule has 94 valence electrons. The Labute approximate surface area is 107 Å². The highest BCUT2D eigenvalue weighted by atomic mass is 19.1. The third-order valence-electron chi connectivity index (χ3n) is 2.11. The number of ether oxygens (including phenoxy) is 1. The second-order valence-corrected chi connectivity index (χ2v) is 3.15. The summed E-state index contributed by atoms with van der Waals surface area (Å²) in [5, 5.41) is 28.1. The number of hydrogen-bond acceptors (Lipinski definition) is 5. The molecule has 0 aromatic heterocycles. The third kappa shape index (κ3) is 2.77. The van der Waals surface area contributed by atoms with Gasteiger partial charge >= 0.3 is 0 Å². The van der Waals surface area contributed by atoms with Crippen LogP contribution in [0.15, 0.2) is 23.4 Å². The summed E-state index contributed by atoms with van der Waals surface area (Å²) in [5.41, 5.74) is -1.79. The lowest BCUT2D eigenvalue weighted by atomic mass is 10.2. The Morgan fingerprint density at radius 3 is 2.26 bits per heavy atom. The maximum Gasteiger partial charge on any atom is 0.191 e. The van der Waals surface area contributed by atoms with Crippen LogP contribution in [0.1, 0.15) is 0 Å². The molecule has 0 spiro atoms. The van der Waals surface area contributed by atoms with Crippen molar-refractivity contribution in [2.75, 3.05) is 12.4 Å². The first-order valence-electron chi connectivity index (χ1n) is 4.82. The molecule has 0 atom stereocenters. The molecule has 0 radical (unpaired) electrons. The summed E-state index contributed by atoms with van der Waals surface area (Å²) in [6, 6.07) is 6.39. The highest BCUT2D eigenvalue weighted by Crippen LogP contribution is 2.28. The summed E-state index contributed by atoms with van der Waals surface area (Å²) in [6.45, 7) is 0. The molecule has 19 heavy (non-hydrogen) atoms. The molecule has 0 aliphatic heterocycles. The molecule has 1 aromatic rings. The Hall–Kier alpha value is -3.11. The average molecular weight is 260 g/mol. The van der Waals surface area contributed by atoms with Crippen molar-refractivity contribution in [2.24, 2.45) is 0 Å². The topological polar surface area (TPSA) is 92.6 Å². The number of nitrogens with one attached hydrogen (secondary N) is 1. The van der Waals surface area contributed by atoms with Gasteiger partial charge in [0.05, 0.1) is 7.11 Å². The molecule has 1 aromatic carbocycles. The summed E-state index contributed by atoms with van der Waals surface area (Å²) in [7, 11) is 1.19. The number of nitrogens with zero attached hydrogens (tertiary/aromatic N) is 3. The predicted octanol–water partition coefficient (Wildman–Crippen LogP) is 2.21. The monoisotopic (exact) mass is 260 g/mol. The molecule has 0 amide bonds. The molecule has 0 heterocycles. The number of benzene rings is 1. The van der Waals surface area contributed by atoms with Gasteiger partial charge in [0, 0.05) is 0 Å². The Balaban J connectivity index is 3.36. The number of halogens is 2. The molecule has 0 fully saturated rings. The molecule has 1 rings (SSSR count). The lowest BCUT2D eigenvalue weighted by Crippen LogP contribution is -2.06. The van der Waals surface area contributed by atoms with Gasteiger partial charge < -0.3 is 10.1 Å². The fraction of sp³-hybridized carbons (Fsp3) is 0.0833. The van der Waals surface area contributed by atoms with Crippen LogP contribution >= 0.6 is 0 Å². The van der Waals surface area contributed by atoms with Gasteiger partial charge in [-0.15, -0.1) is 0 Å². The number of nitriles is 3. The summed E-state index contributed by atoms with van der Waals surface area (Å²) < 4.78 is 31.9. The van der Waals surface area contributed by atoms with Gasteiger partial charge in [0.25, 0.3) is 0 Å². The van der Waals surface area contributed by atoms with Crippen molar-refractivity contribution in [3.63, 3.8) is 0 Å². The van der Waals surface area contributed by atoms with Crippen LogP contribution in [0.25, 0.3) is 0 Å². The van der Waals surface area contributed by atoms with Crippen molar-refractivity contribution in [3.05, 3.63) is 35.0 Å². The molecule has 1 N–H and O–H groups in total. The number of hydrogen-bond donors (Lipinski definition) is 1. The molecular weight excluding hydrogens is 254 g/mol. The Morgan fingerprint density at radius 1 is 1.16 bits per heavy atom. The molecule has 0 saturated heterocycles. The SMILES string of the molecule is COc1ccc(F)c(NC(C#N)=C(C#N)C#N)c1F. The maximum atomic E-state index is 13.8. The number of allylic oxidation sites excluding steroid dienone is 2. The van der Waals surface area contributed by atoms with E-state index in [1.807, 2.05) is 0 Å². The van der Waals surface area contributed by atoms with E-state index in [0.29, 0.717) is 0 Å². The van der Waals surface area contributed by atoms with Crippen molar-refractivity contribution in [2.45, 2.75) is 0 Å². The van der Waals surface area contributed by atoms with Gasteiger partial charge in [-0.3, -0.25) is 0 Å². The minimum absolute atomic E-state index is 0.239.